The van der Waals surface area contributed by atoms with Crippen molar-refractivity contribution in [3.8, 4) is 0 Å². The van der Waals surface area contributed by atoms with Gasteiger partial charge in [0.05, 0.1) is 0 Å². The van der Waals surface area contributed by atoms with Gasteiger partial charge in [0.2, 0.25) is 0 Å². The fourth-order valence-corrected chi connectivity index (χ4v) is 2.91. The Morgan fingerprint density at radius 1 is 1.47 bits per heavy atom. The van der Waals surface area contributed by atoms with E-state index < -0.39 is 0 Å². The Labute approximate surface area is 101 Å². The van der Waals surface area contributed by atoms with E-state index in [-0.39, 0.29) is 0 Å². The highest BCUT2D eigenvalue weighted by molar-refractivity contribution is 7.98. The number of hydrogen-bond acceptors (Lipinski definition) is 2. The van der Waals surface area contributed by atoms with E-state index in [0.29, 0.717) is 6.04 Å². The third-order valence-corrected chi connectivity index (χ3v) is 3.74. The summed E-state index contributed by atoms with van der Waals surface area (Å²) in [5.74, 6) is 0. The molecule has 1 unspecified atom stereocenters. The molecule has 1 N–H and O–H groups in total. The minimum Gasteiger partial charge on any atom is -0.314 e. The highest BCUT2D eigenvalue weighted by atomic mass is 35.5. The zero-order chi connectivity index (χ0) is 10.7. The number of halogens is 1. The second-order valence-corrected chi connectivity index (χ2v) is 5.31. The van der Waals surface area contributed by atoms with Crippen molar-refractivity contribution in [3.63, 3.8) is 0 Å². The molecule has 0 spiro atoms. The second kappa shape index (κ2) is 5.24. The zero-order valence-electron chi connectivity index (χ0n) is 8.92. The molecule has 15 heavy (non-hydrogen) atoms. The van der Waals surface area contributed by atoms with E-state index >= 15 is 0 Å². The Balaban J connectivity index is 2.09. The van der Waals surface area contributed by atoms with Gasteiger partial charge in [-0.25, -0.2) is 0 Å². The molecule has 1 heterocycles. The topological polar surface area (TPSA) is 12.0 Å². The van der Waals surface area contributed by atoms with Crippen LogP contribution in [0.25, 0.3) is 0 Å². The van der Waals surface area contributed by atoms with E-state index in [2.05, 4.69) is 23.7 Å². The van der Waals surface area contributed by atoms with Crippen molar-refractivity contribution < 1.29 is 0 Å². The predicted octanol–water partition coefficient (Wildman–Crippen LogP) is 3.36. The number of thioether (sulfide) groups is 1. The molecule has 1 nitrogen and oxygen atoms in total. The van der Waals surface area contributed by atoms with Gasteiger partial charge in [-0.3, -0.25) is 0 Å². The summed E-state index contributed by atoms with van der Waals surface area (Å²) in [6, 6.07) is 7.01. The molecule has 1 aliphatic rings. The van der Waals surface area contributed by atoms with Crippen molar-refractivity contribution in [3.05, 3.63) is 28.8 Å². The van der Waals surface area contributed by atoms with Crippen LogP contribution in [0.15, 0.2) is 23.1 Å². The number of rotatable bonds is 3. The summed E-state index contributed by atoms with van der Waals surface area (Å²) >= 11 is 7.83. The Morgan fingerprint density at radius 2 is 2.33 bits per heavy atom. The van der Waals surface area contributed by atoms with Gasteiger partial charge in [0.15, 0.2) is 0 Å². The van der Waals surface area contributed by atoms with Gasteiger partial charge in [0.25, 0.3) is 0 Å². The molecule has 3 heteroatoms. The van der Waals surface area contributed by atoms with Crippen molar-refractivity contribution in [2.45, 2.75) is 30.2 Å². The Hall–Kier alpha value is -0.180. The summed E-state index contributed by atoms with van der Waals surface area (Å²) in [7, 11) is 0. The minimum absolute atomic E-state index is 0.651. The standard InChI is InChI=1S/C12H16ClNS/c1-15-12-7-9(5-10(13)8-12)6-11-3-2-4-14-11/h5,7-8,11,14H,2-4,6H2,1H3. The first-order chi connectivity index (χ1) is 7.28. The van der Waals surface area contributed by atoms with Crippen molar-refractivity contribution in [1.29, 1.82) is 0 Å². The van der Waals surface area contributed by atoms with E-state index in [0.717, 1.165) is 11.4 Å². The second-order valence-electron chi connectivity index (χ2n) is 4.00. The quantitative estimate of drug-likeness (QED) is 0.815. The van der Waals surface area contributed by atoms with Crippen LogP contribution in [-0.2, 0) is 6.42 Å². The van der Waals surface area contributed by atoms with Gasteiger partial charge < -0.3 is 5.32 Å². The molecule has 2 rings (SSSR count). The number of hydrogen-bond donors (Lipinski definition) is 1. The van der Waals surface area contributed by atoms with Crippen molar-refractivity contribution in [2.75, 3.05) is 12.8 Å². The molecule has 0 aliphatic carbocycles. The lowest BCUT2D eigenvalue weighted by Gasteiger charge is -2.11. The first-order valence-electron chi connectivity index (χ1n) is 5.35. The molecule has 1 aliphatic heterocycles. The average Bonchev–Trinajstić information content (AvgIpc) is 2.69. The van der Waals surface area contributed by atoms with E-state index in [1.54, 1.807) is 11.8 Å². The third-order valence-electron chi connectivity index (χ3n) is 2.81. The molecule has 0 aromatic heterocycles. The lowest BCUT2D eigenvalue weighted by Crippen LogP contribution is -2.23. The summed E-state index contributed by atoms with van der Waals surface area (Å²) < 4.78 is 0. The van der Waals surface area contributed by atoms with Gasteiger partial charge >= 0.3 is 0 Å². The molecule has 0 saturated carbocycles. The van der Waals surface area contributed by atoms with Crippen molar-refractivity contribution >= 4 is 23.4 Å². The Kier molecular flexibility index (Phi) is 3.95. The van der Waals surface area contributed by atoms with E-state index in [4.69, 9.17) is 11.6 Å². The largest absolute Gasteiger partial charge is 0.314 e. The van der Waals surface area contributed by atoms with Crippen LogP contribution in [0.5, 0.6) is 0 Å². The Bertz CT molecular complexity index is 334. The number of benzene rings is 1. The van der Waals surface area contributed by atoms with Gasteiger partial charge in [0.1, 0.15) is 0 Å². The lowest BCUT2D eigenvalue weighted by atomic mass is 10.0. The molecule has 1 aromatic carbocycles. The van der Waals surface area contributed by atoms with Crippen LogP contribution in [0.1, 0.15) is 18.4 Å². The number of nitrogens with one attached hydrogen (secondary N) is 1. The van der Waals surface area contributed by atoms with Gasteiger partial charge in [-0.2, -0.15) is 0 Å². The first kappa shape index (κ1) is 11.3. The lowest BCUT2D eigenvalue weighted by molar-refractivity contribution is 0.602. The summed E-state index contributed by atoms with van der Waals surface area (Å²) in [6.07, 6.45) is 5.79. The average molecular weight is 242 g/mol. The van der Waals surface area contributed by atoms with Crippen LogP contribution in [0.4, 0.5) is 0 Å². The molecule has 1 fully saturated rings. The van der Waals surface area contributed by atoms with E-state index in [1.807, 2.05) is 6.07 Å². The van der Waals surface area contributed by atoms with Gasteiger partial charge in [0, 0.05) is 16.0 Å². The zero-order valence-corrected chi connectivity index (χ0v) is 10.5. The SMILES string of the molecule is CSc1cc(Cl)cc(CC2CCCN2)c1. The van der Waals surface area contributed by atoms with Crippen LogP contribution in [0, 0.1) is 0 Å². The van der Waals surface area contributed by atoms with Gasteiger partial charge in [-0.15, -0.1) is 11.8 Å². The minimum atomic E-state index is 0.651. The molecule has 1 atom stereocenters. The molecular weight excluding hydrogens is 226 g/mol. The van der Waals surface area contributed by atoms with Crippen LogP contribution in [0.2, 0.25) is 5.02 Å². The molecule has 1 saturated heterocycles. The smallest absolute Gasteiger partial charge is 0.0419 e. The van der Waals surface area contributed by atoms with Crippen LogP contribution in [-0.4, -0.2) is 18.8 Å². The molecular formula is C12H16ClNS. The highest BCUT2D eigenvalue weighted by Gasteiger charge is 2.14. The van der Waals surface area contributed by atoms with Gasteiger partial charge in [-0.1, -0.05) is 11.6 Å². The predicted molar refractivity (Wildman–Crippen MR) is 68.0 cm³/mol. The van der Waals surface area contributed by atoms with Crippen LogP contribution >= 0.6 is 23.4 Å². The molecule has 0 bridgehead atoms. The third kappa shape index (κ3) is 3.13. The van der Waals surface area contributed by atoms with E-state index in [9.17, 15) is 0 Å². The first-order valence-corrected chi connectivity index (χ1v) is 6.95. The van der Waals surface area contributed by atoms with Crippen LogP contribution in [0.3, 0.4) is 0 Å². The van der Waals surface area contributed by atoms with Crippen LogP contribution < -0.4 is 5.32 Å². The maximum atomic E-state index is 6.08. The summed E-state index contributed by atoms with van der Waals surface area (Å²) in [5.41, 5.74) is 1.35. The normalized spacial score (nSPS) is 20.8. The summed E-state index contributed by atoms with van der Waals surface area (Å²) in [4.78, 5) is 1.26. The highest BCUT2D eigenvalue weighted by Crippen LogP contribution is 2.23. The molecule has 0 amide bonds. The monoisotopic (exact) mass is 241 g/mol. The summed E-state index contributed by atoms with van der Waals surface area (Å²) in [6.45, 7) is 1.17. The molecule has 0 radical (unpaired) electrons. The summed E-state index contributed by atoms with van der Waals surface area (Å²) in [5, 5.41) is 4.37. The Morgan fingerprint density at radius 3 is 3.00 bits per heavy atom. The molecule has 1 aromatic rings. The fourth-order valence-electron chi connectivity index (χ4n) is 2.07. The van der Waals surface area contributed by atoms with Crippen molar-refractivity contribution in [2.24, 2.45) is 0 Å². The molecule has 82 valence electrons. The van der Waals surface area contributed by atoms with Crippen molar-refractivity contribution in [1.82, 2.24) is 5.32 Å². The van der Waals surface area contributed by atoms with Gasteiger partial charge in [-0.05, 0) is 55.8 Å². The maximum Gasteiger partial charge on any atom is 0.0419 e. The maximum absolute atomic E-state index is 6.08. The van der Waals surface area contributed by atoms with E-state index in [1.165, 1.54) is 29.8 Å². The fraction of sp³-hybridized carbons (Fsp3) is 0.500.